The average molecular weight is 420 g/mol. The van der Waals surface area contributed by atoms with Gasteiger partial charge in [-0.25, -0.2) is 12.8 Å². The molecule has 2 aromatic carbocycles. The molecule has 1 aliphatic rings. The van der Waals surface area contributed by atoms with Crippen molar-refractivity contribution in [2.24, 2.45) is 5.92 Å². The second-order valence-electron chi connectivity index (χ2n) is 7.67. The summed E-state index contributed by atoms with van der Waals surface area (Å²) in [5.41, 5.74) is 1.14. The molecule has 0 heterocycles. The summed E-state index contributed by atoms with van der Waals surface area (Å²) in [7, 11) is -1.90. The standard InChI is InChI=1S/C22H26FNO4S/c1-15-4-3-5-21(10-15)29(26,27)14-16-6-8-19(9-7-16)24-22(25)17-11-18(23)13-20(12-17)28-2/h3-5,10-13,16,19H,6-9,14H2,1-2H3,(H,24,25)/t16-,19+. The van der Waals surface area contributed by atoms with Crippen molar-refractivity contribution in [3.8, 4) is 5.75 Å². The van der Waals surface area contributed by atoms with Crippen LogP contribution in [0, 0.1) is 18.7 Å². The van der Waals surface area contributed by atoms with Crippen LogP contribution in [0.3, 0.4) is 0 Å². The van der Waals surface area contributed by atoms with Gasteiger partial charge >= 0.3 is 0 Å². The van der Waals surface area contributed by atoms with E-state index in [1.54, 1.807) is 18.2 Å². The number of ether oxygens (including phenoxy) is 1. The van der Waals surface area contributed by atoms with E-state index in [0.29, 0.717) is 23.5 Å². The molecular formula is C22H26FNO4S. The second-order valence-corrected chi connectivity index (χ2v) is 9.70. The van der Waals surface area contributed by atoms with Crippen molar-refractivity contribution in [2.45, 2.75) is 43.5 Å². The minimum Gasteiger partial charge on any atom is -0.497 e. The second kappa shape index (κ2) is 8.95. The van der Waals surface area contributed by atoms with E-state index in [-0.39, 0.29) is 29.2 Å². The van der Waals surface area contributed by atoms with Gasteiger partial charge < -0.3 is 10.1 Å². The van der Waals surface area contributed by atoms with Crippen molar-refractivity contribution in [3.05, 3.63) is 59.4 Å². The van der Waals surface area contributed by atoms with Gasteiger partial charge in [0.2, 0.25) is 0 Å². The summed E-state index contributed by atoms with van der Waals surface area (Å²) in [5, 5.41) is 2.93. The molecule has 2 aromatic rings. The van der Waals surface area contributed by atoms with Crippen LogP contribution in [0.4, 0.5) is 4.39 Å². The summed E-state index contributed by atoms with van der Waals surface area (Å²) in [6.45, 7) is 1.88. The fourth-order valence-corrected chi connectivity index (χ4v) is 5.57. The molecule has 0 unspecified atom stereocenters. The molecule has 1 aliphatic carbocycles. The Balaban J connectivity index is 1.55. The van der Waals surface area contributed by atoms with Crippen molar-refractivity contribution in [2.75, 3.05) is 12.9 Å². The van der Waals surface area contributed by atoms with Crippen LogP contribution < -0.4 is 10.1 Å². The van der Waals surface area contributed by atoms with Crippen LogP contribution in [-0.4, -0.2) is 33.2 Å². The number of benzene rings is 2. The Morgan fingerprint density at radius 3 is 2.52 bits per heavy atom. The first-order valence-corrected chi connectivity index (χ1v) is 11.4. The maximum Gasteiger partial charge on any atom is 0.251 e. The van der Waals surface area contributed by atoms with Crippen molar-refractivity contribution in [1.82, 2.24) is 5.32 Å². The number of carbonyl (C=O) groups excluding carboxylic acids is 1. The number of carbonyl (C=O) groups is 1. The van der Waals surface area contributed by atoms with Gasteiger partial charge in [-0.05, 0) is 68.4 Å². The Kier molecular flexibility index (Phi) is 6.57. The molecule has 7 heteroatoms. The molecule has 0 aromatic heterocycles. The summed E-state index contributed by atoms with van der Waals surface area (Å²) < 4.78 is 44.0. The molecule has 1 N–H and O–H groups in total. The Bertz CT molecular complexity index is 982. The predicted molar refractivity (Wildman–Crippen MR) is 109 cm³/mol. The maximum absolute atomic E-state index is 13.6. The highest BCUT2D eigenvalue weighted by Gasteiger charge is 2.27. The van der Waals surface area contributed by atoms with Crippen molar-refractivity contribution in [3.63, 3.8) is 0 Å². The average Bonchev–Trinajstić information content (AvgIpc) is 2.68. The van der Waals surface area contributed by atoms with Gasteiger partial charge in [-0.15, -0.1) is 0 Å². The molecule has 0 atom stereocenters. The van der Waals surface area contributed by atoms with E-state index >= 15 is 0 Å². The lowest BCUT2D eigenvalue weighted by atomic mass is 9.87. The lowest BCUT2D eigenvalue weighted by Crippen LogP contribution is -2.38. The third kappa shape index (κ3) is 5.56. The quantitative estimate of drug-likeness (QED) is 0.771. The maximum atomic E-state index is 13.6. The van der Waals surface area contributed by atoms with E-state index in [4.69, 9.17) is 4.74 Å². The predicted octanol–water partition coefficient (Wildman–Crippen LogP) is 3.91. The lowest BCUT2D eigenvalue weighted by Gasteiger charge is -2.29. The van der Waals surface area contributed by atoms with Gasteiger partial charge in [-0.1, -0.05) is 12.1 Å². The summed E-state index contributed by atoms with van der Waals surface area (Å²) >= 11 is 0. The number of halogens is 1. The number of sulfone groups is 1. The van der Waals surface area contributed by atoms with E-state index in [9.17, 15) is 17.6 Å². The summed E-state index contributed by atoms with van der Waals surface area (Å²) in [5.74, 6) is -0.389. The van der Waals surface area contributed by atoms with Crippen molar-refractivity contribution < 1.29 is 22.3 Å². The number of hydrogen-bond acceptors (Lipinski definition) is 4. The number of amides is 1. The van der Waals surface area contributed by atoms with E-state index < -0.39 is 15.7 Å². The van der Waals surface area contributed by atoms with Gasteiger partial charge in [-0.2, -0.15) is 0 Å². The van der Waals surface area contributed by atoms with E-state index in [1.165, 1.54) is 25.3 Å². The van der Waals surface area contributed by atoms with Crippen LogP contribution in [0.5, 0.6) is 5.75 Å². The molecule has 0 bridgehead atoms. The van der Waals surface area contributed by atoms with Gasteiger partial charge in [-0.3, -0.25) is 4.79 Å². The topological polar surface area (TPSA) is 72.5 Å². The van der Waals surface area contributed by atoms with E-state index in [2.05, 4.69) is 5.32 Å². The summed E-state index contributed by atoms with van der Waals surface area (Å²) in [6, 6.07) is 10.8. The molecule has 0 spiro atoms. The molecule has 0 aliphatic heterocycles. The minimum absolute atomic E-state index is 0.0466. The lowest BCUT2D eigenvalue weighted by molar-refractivity contribution is 0.0922. The number of aryl methyl sites for hydroxylation is 1. The van der Waals surface area contributed by atoms with Crippen LogP contribution in [-0.2, 0) is 9.84 Å². The molecule has 1 fully saturated rings. The Morgan fingerprint density at radius 2 is 1.86 bits per heavy atom. The molecule has 3 rings (SSSR count). The van der Waals surface area contributed by atoms with Crippen molar-refractivity contribution >= 4 is 15.7 Å². The molecule has 0 radical (unpaired) electrons. The monoisotopic (exact) mass is 419 g/mol. The highest BCUT2D eigenvalue weighted by Crippen LogP contribution is 2.28. The van der Waals surface area contributed by atoms with Gasteiger partial charge in [0.1, 0.15) is 11.6 Å². The number of methoxy groups -OCH3 is 1. The molecule has 1 amide bonds. The first-order chi connectivity index (χ1) is 13.8. The Labute approximate surface area is 171 Å². The van der Waals surface area contributed by atoms with E-state index in [1.807, 2.05) is 13.0 Å². The van der Waals surface area contributed by atoms with Gasteiger partial charge in [0.05, 0.1) is 17.8 Å². The normalized spacial score (nSPS) is 19.6. The first-order valence-electron chi connectivity index (χ1n) is 9.71. The van der Waals surface area contributed by atoms with Crippen LogP contribution >= 0.6 is 0 Å². The molecular weight excluding hydrogens is 393 g/mol. The third-order valence-electron chi connectivity index (χ3n) is 5.35. The molecule has 0 saturated heterocycles. The van der Waals surface area contributed by atoms with Gasteiger partial charge in [0.25, 0.3) is 5.91 Å². The third-order valence-corrected chi connectivity index (χ3v) is 7.24. The molecule has 5 nitrogen and oxygen atoms in total. The zero-order valence-corrected chi connectivity index (χ0v) is 17.5. The van der Waals surface area contributed by atoms with E-state index in [0.717, 1.165) is 18.4 Å². The number of hydrogen-bond donors (Lipinski definition) is 1. The SMILES string of the molecule is COc1cc(F)cc(C(=O)N[C@H]2CC[C@@H](CS(=O)(=O)c3cccc(C)c3)CC2)c1. The number of nitrogens with one attached hydrogen (secondary N) is 1. The fraction of sp³-hybridized carbons (Fsp3) is 0.409. The van der Waals surface area contributed by atoms with Crippen LogP contribution in [0.15, 0.2) is 47.4 Å². The highest BCUT2D eigenvalue weighted by atomic mass is 32.2. The molecule has 29 heavy (non-hydrogen) atoms. The molecule has 156 valence electrons. The highest BCUT2D eigenvalue weighted by molar-refractivity contribution is 7.91. The Hall–Kier alpha value is -2.41. The van der Waals surface area contributed by atoms with Gasteiger partial charge in [0.15, 0.2) is 9.84 Å². The fourth-order valence-electron chi connectivity index (χ4n) is 3.77. The first kappa shape index (κ1) is 21.3. The smallest absolute Gasteiger partial charge is 0.251 e. The zero-order chi connectivity index (χ0) is 21.0. The summed E-state index contributed by atoms with van der Waals surface area (Å²) in [6.07, 6.45) is 2.85. The Morgan fingerprint density at radius 1 is 1.14 bits per heavy atom. The number of rotatable bonds is 6. The molecule has 1 saturated carbocycles. The van der Waals surface area contributed by atoms with Crippen LogP contribution in [0.2, 0.25) is 0 Å². The van der Waals surface area contributed by atoms with Crippen LogP contribution in [0.25, 0.3) is 0 Å². The minimum atomic E-state index is -3.32. The van der Waals surface area contributed by atoms with Gasteiger partial charge in [0, 0.05) is 17.7 Å². The van der Waals surface area contributed by atoms with Crippen LogP contribution in [0.1, 0.15) is 41.6 Å². The zero-order valence-electron chi connectivity index (χ0n) is 16.7. The summed E-state index contributed by atoms with van der Waals surface area (Å²) in [4.78, 5) is 12.8. The van der Waals surface area contributed by atoms with Crippen molar-refractivity contribution in [1.29, 1.82) is 0 Å². The largest absolute Gasteiger partial charge is 0.497 e.